The van der Waals surface area contributed by atoms with Gasteiger partial charge in [0.2, 0.25) is 0 Å². The zero-order valence-corrected chi connectivity index (χ0v) is 38.4. The Balaban J connectivity index is 1.36. The Morgan fingerprint density at radius 2 is 1.37 bits per heavy atom. The van der Waals surface area contributed by atoms with E-state index in [0.29, 0.717) is 5.92 Å². The highest BCUT2D eigenvalue weighted by molar-refractivity contribution is 6.72. The van der Waals surface area contributed by atoms with Crippen LogP contribution in [0.1, 0.15) is 115 Å². The second-order valence-electron chi connectivity index (χ2n) is 19.1. The maximum absolute atomic E-state index is 4.58. The van der Waals surface area contributed by atoms with Crippen LogP contribution in [0.15, 0.2) is 128 Å². The normalized spacial score (nSPS) is 12.8. The van der Waals surface area contributed by atoms with Crippen molar-refractivity contribution in [2.24, 2.45) is 0 Å². The maximum atomic E-state index is 4.58. The molecule has 0 saturated carbocycles. The predicted molar refractivity (Wildman–Crippen MR) is 271 cm³/mol. The van der Waals surface area contributed by atoms with E-state index in [2.05, 4.69) is 207 Å². The summed E-state index contributed by atoms with van der Waals surface area (Å²) in [4.78, 5) is 2.65. The van der Waals surface area contributed by atoms with Crippen LogP contribution in [0, 0.1) is 27.7 Å². The molecule has 2 nitrogen and oxygen atoms in total. The molecule has 2 aliphatic heterocycles. The van der Waals surface area contributed by atoms with Gasteiger partial charge in [0.05, 0.1) is 0 Å². The van der Waals surface area contributed by atoms with Crippen LogP contribution in [-0.4, -0.2) is 7.28 Å². The van der Waals surface area contributed by atoms with Crippen molar-refractivity contribution in [1.29, 1.82) is 0 Å². The molecule has 2 aliphatic rings. The zero-order chi connectivity index (χ0) is 43.4. The molecule has 0 bridgehead atoms. The molecule has 0 saturated heterocycles. The number of nitrogens with one attached hydrogen (secondary N) is 1. The average Bonchev–Trinajstić information content (AvgIpc) is 3.25. The Morgan fingerprint density at radius 3 is 2.06 bits per heavy atom. The van der Waals surface area contributed by atoms with Gasteiger partial charge >= 0.3 is 0 Å². The lowest BCUT2D eigenvalue weighted by Gasteiger charge is -2.39. The molecule has 0 fully saturated rings. The summed E-state index contributed by atoms with van der Waals surface area (Å²) in [6.07, 6.45) is 6.11. The van der Waals surface area contributed by atoms with Gasteiger partial charge in [0.1, 0.15) is 0 Å². The number of hydrogen-bond donors (Lipinski definition) is 1. The summed E-state index contributed by atoms with van der Waals surface area (Å²) in [5.74, 6) is 0.417. The molecule has 1 N–H and O–H groups in total. The van der Waals surface area contributed by atoms with Crippen molar-refractivity contribution in [3.05, 3.63) is 189 Å². The molecule has 0 unspecified atom stereocenters. The Bertz CT molecular complexity index is 2890. The topological polar surface area (TPSA) is 15.3 Å². The van der Waals surface area contributed by atoms with Gasteiger partial charge in [-0.1, -0.05) is 162 Å². The van der Waals surface area contributed by atoms with Gasteiger partial charge in [-0.3, -0.25) is 0 Å². The van der Waals surface area contributed by atoms with Crippen LogP contribution in [-0.2, 0) is 18.3 Å². The smallest absolute Gasteiger partial charge is 0.198 e. The monoisotopic (exact) mass is 808 g/mol. The van der Waals surface area contributed by atoms with Crippen molar-refractivity contribution in [2.45, 2.75) is 99.3 Å². The molecule has 7 aromatic carbocycles. The third-order valence-corrected chi connectivity index (χ3v) is 14.0. The fourth-order valence-electron chi connectivity index (χ4n) is 10.8. The Labute approximate surface area is 372 Å². The SMILES string of the molecule is C=Cc1c(-c2ccccc2C)cc2c(c1Cc1cccc3c1Nc1ccccc1C3)Bc1cc(-c3ccccc3C)c(C)cc1N2c1cc(C(C)(C)CCC)c(C(C)C)cc1C. The first-order valence-electron chi connectivity index (χ1n) is 22.9. The highest BCUT2D eigenvalue weighted by Crippen LogP contribution is 2.47. The molecule has 0 amide bonds. The second-order valence-corrected chi connectivity index (χ2v) is 19.1. The summed E-state index contributed by atoms with van der Waals surface area (Å²) in [6, 6.07) is 46.0. The van der Waals surface area contributed by atoms with Gasteiger partial charge in [0.15, 0.2) is 7.28 Å². The highest BCUT2D eigenvalue weighted by Gasteiger charge is 2.34. The number of anilines is 5. The molecule has 0 aliphatic carbocycles. The Kier molecular flexibility index (Phi) is 10.9. The van der Waals surface area contributed by atoms with Gasteiger partial charge in [-0.05, 0) is 160 Å². The van der Waals surface area contributed by atoms with Gasteiger partial charge in [0, 0.05) is 34.9 Å². The molecule has 7 aromatic rings. The van der Waals surface area contributed by atoms with E-state index >= 15 is 0 Å². The molecule has 62 heavy (non-hydrogen) atoms. The first kappa shape index (κ1) is 41.3. The van der Waals surface area contributed by atoms with Gasteiger partial charge in [0.25, 0.3) is 0 Å². The van der Waals surface area contributed by atoms with E-state index in [0.717, 1.165) is 33.0 Å². The maximum Gasteiger partial charge on any atom is 0.198 e. The Morgan fingerprint density at radius 1 is 0.694 bits per heavy atom. The van der Waals surface area contributed by atoms with Gasteiger partial charge in [-0.25, -0.2) is 0 Å². The summed E-state index contributed by atoms with van der Waals surface area (Å²) in [5.41, 5.74) is 28.7. The van der Waals surface area contributed by atoms with Crippen molar-refractivity contribution in [2.75, 3.05) is 10.2 Å². The summed E-state index contributed by atoms with van der Waals surface area (Å²) in [6.45, 7) is 25.6. The number of benzene rings is 7. The van der Waals surface area contributed by atoms with Crippen molar-refractivity contribution in [1.82, 2.24) is 0 Å². The standard InChI is InChI=1S/C59H61BN2/c1-11-28-59(9,10)51-35-54(40(8)29-47(51)36(3)4)62-55-30-39(7)48(45-25-16-13-20-37(45)5)33-52(55)60-57-50(44(12-2)49(34-56(57)62)46-26-17-14-21-38(46)6)32-43-24-19-23-42-31-41-22-15-18-27-53(41)61-58(42)43/h12-27,29-30,33-36,60-61H,2,11,28,31-32H2,1,3-10H3. The second kappa shape index (κ2) is 16.3. The minimum Gasteiger partial charge on any atom is -0.355 e. The van der Waals surface area contributed by atoms with Crippen LogP contribution in [0.4, 0.5) is 28.4 Å². The number of rotatable bonds is 10. The number of para-hydroxylation sites is 2. The third kappa shape index (κ3) is 7.20. The molecular weight excluding hydrogens is 747 g/mol. The first-order chi connectivity index (χ1) is 29.9. The summed E-state index contributed by atoms with van der Waals surface area (Å²) < 4.78 is 0. The molecule has 3 heteroatoms. The number of hydrogen-bond acceptors (Lipinski definition) is 2. The fourth-order valence-corrected chi connectivity index (χ4v) is 10.8. The fraction of sp³-hybridized carbons (Fsp3) is 0.254. The van der Waals surface area contributed by atoms with E-state index in [1.54, 1.807) is 0 Å². The van der Waals surface area contributed by atoms with Crippen LogP contribution in [0.3, 0.4) is 0 Å². The van der Waals surface area contributed by atoms with Crippen LogP contribution < -0.4 is 21.1 Å². The van der Waals surface area contributed by atoms with E-state index < -0.39 is 0 Å². The van der Waals surface area contributed by atoms with E-state index in [4.69, 9.17) is 0 Å². The van der Waals surface area contributed by atoms with E-state index in [1.807, 2.05) is 0 Å². The molecule has 310 valence electrons. The van der Waals surface area contributed by atoms with Crippen LogP contribution in [0.25, 0.3) is 28.3 Å². The van der Waals surface area contributed by atoms with Crippen molar-refractivity contribution >= 4 is 52.7 Å². The molecule has 9 rings (SSSR count). The molecular formula is C59H61BN2. The summed E-state index contributed by atoms with van der Waals surface area (Å²) >= 11 is 0. The van der Waals surface area contributed by atoms with Crippen LogP contribution in [0.5, 0.6) is 0 Å². The van der Waals surface area contributed by atoms with Crippen LogP contribution >= 0.6 is 0 Å². The van der Waals surface area contributed by atoms with Crippen molar-refractivity contribution < 1.29 is 0 Å². The van der Waals surface area contributed by atoms with E-state index in [-0.39, 0.29) is 5.41 Å². The van der Waals surface area contributed by atoms with E-state index in [1.165, 1.54) is 123 Å². The lowest BCUT2D eigenvalue weighted by Crippen LogP contribution is -2.43. The van der Waals surface area contributed by atoms with Gasteiger partial charge < -0.3 is 10.2 Å². The summed E-state index contributed by atoms with van der Waals surface area (Å²) in [5, 5.41) is 3.91. The zero-order valence-electron chi connectivity index (χ0n) is 38.4. The molecule has 0 aromatic heterocycles. The minimum absolute atomic E-state index is 0.0189. The average molecular weight is 809 g/mol. The largest absolute Gasteiger partial charge is 0.355 e. The lowest BCUT2D eigenvalue weighted by molar-refractivity contribution is 0.467. The molecule has 2 heterocycles. The molecule has 0 atom stereocenters. The highest BCUT2D eigenvalue weighted by atomic mass is 15.2. The van der Waals surface area contributed by atoms with E-state index in [9.17, 15) is 0 Å². The van der Waals surface area contributed by atoms with Gasteiger partial charge in [-0.15, -0.1) is 0 Å². The molecule has 0 radical (unpaired) electrons. The van der Waals surface area contributed by atoms with Gasteiger partial charge in [-0.2, -0.15) is 0 Å². The quantitative estimate of drug-likeness (QED) is 0.138. The molecule has 0 spiro atoms. The summed E-state index contributed by atoms with van der Waals surface area (Å²) in [7, 11) is 0.827. The Hall–Kier alpha value is -6.06. The first-order valence-corrected chi connectivity index (χ1v) is 22.9. The predicted octanol–water partition coefficient (Wildman–Crippen LogP) is 14.5. The van der Waals surface area contributed by atoms with Crippen molar-refractivity contribution in [3.8, 4) is 22.3 Å². The number of aryl methyl sites for hydroxylation is 4. The minimum atomic E-state index is 0.0189. The van der Waals surface area contributed by atoms with Crippen molar-refractivity contribution in [3.63, 3.8) is 0 Å². The van der Waals surface area contributed by atoms with Crippen LogP contribution in [0.2, 0.25) is 0 Å². The third-order valence-electron chi connectivity index (χ3n) is 14.0. The lowest BCUT2D eigenvalue weighted by atomic mass is 9.56. The number of nitrogens with zero attached hydrogens (tertiary/aromatic N) is 1. The number of fused-ring (bicyclic) bond motifs is 4.